The van der Waals surface area contributed by atoms with Crippen LogP contribution in [0.25, 0.3) is 33.4 Å². The molecular weight excluding hydrogens is 716 g/mol. The Morgan fingerprint density at radius 1 is 0.745 bits per heavy atom. The Morgan fingerprint density at radius 2 is 1.29 bits per heavy atom. The van der Waals surface area contributed by atoms with Crippen LogP contribution < -0.4 is 21.7 Å². The number of piperazine rings is 1. The van der Waals surface area contributed by atoms with Gasteiger partial charge in [-0.25, -0.2) is 9.97 Å². The number of primary amides is 2. The molecule has 1 aliphatic rings. The fourth-order valence-electron chi connectivity index (χ4n) is 6.56. The van der Waals surface area contributed by atoms with Crippen molar-refractivity contribution < 1.29 is 9.59 Å². The topological polar surface area (TPSA) is 169 Å². The Kier molecular flexibility index (Phi) is 11.0. The second-order valence-corrected chi connectivity index (χ2v) is 13.6. The number of fused-ring (bicyclic) bond motifs is 2. The van der Waals surface area contributed by atoms with E-state index in [9.17, 15) is 9.59 Å². The highest BCUT2D eigenvalue weighted by Crippen LogP contribution is 2.26. The van der Waals surface area contributed by atoms with Gasteiger partial charge in [-0.2, -0.15) is 9.97 Å². The van der Waals surface area contributed by atoms with Gasteiger partial charge in [-0.05, 0) is 67.2 Å². The summed E-state index contributed by atoms with van der Waals surface area (Å²) in [5.74, 6) is 0.767. The molecule has 0 aliphatic carbocycles. The molecule has 55 heavy (non-hydrogen) atoms. The highest BCUT2D eigenvalue weighted by molar-refractivity contribution is 6.28. The van der Waals surface area contributed by atoms with Crippen LogP contribution in [-0.2, 0) is 0 Å². The summed E-state index contributed by atoms with van der Waals surface area (Å²) in [5, 5.41) is 5.01. The van der Waals surface area contributed by atoms with Crippen LogP contribution in [0.1, 0.15) is 20.7 Å². The molecular formula is C40H41ClN12O2. The van der Waals surface area contributed by atoms with Gasteiger partial charge in [0, 0.05) is 93.3 Å². The van der Waals surface area contributed by atoms with Crippen molar-refractivity contribution in [2.45, 2.75) is 0 Å². The number of amides is 2. The van der Waals surface area contributed by atoms with Gasteiger partial charge in [-0.3, -0.25) is 14.5 Å². The van der Waals surface area contributed by atoms with Crippen LogP contribution in [0.15, 0.2) is 110 Å². The molecule has 2 amide bonds. The minimum absolute atomic E-state index is 0.149. The number of nitrogens with two attached hydrogens (primary N) is 2. The third-order valence-corrected chi connectivity index (χ3v) is 9.79. The zero-order valence-electron chi connectivity index (χ0n) is 30.5. The van der Waals surface area contributed by atoms with Crippen molar-refractivity contribution >= 4 is 62.5 Å². The van der Waals surface area contributed by atoms with Crippen molar-refractivity contribution in [2.75, 3.05) is 63.6 Å². The zero-order valence-corrected chi connectivity index (χ0v) is 31.3. The average Bonchev–Trinajstić information content (AvgIpc) is 3.79. The summed E-state index contributed by atoms with van der Waals surface area (Å²) in [4.78, 5) is 47.6. The molecule has 280 valence electrons. The smallest absolute Gasteiger partial charge is 0.250 e. The van der Waals surface area contributed by atoms with Gasteiger partial charge in [-0.1, -0.05) is 36.4 Å². The number of likely N-dealkylation sites (N-methyl/N-ethyl adjacent to an activating group) is 2. The highest BCUT2D eigenvalue weighted by Gasteiger charge is 2.17. The van der Waals surface area contributed by atoms with E-state index in [4.69, 9.17) is 23.1 Å². The van der Waals surface area contributed by atoms with Crippen molar-refractivity contribution in [1.29, 1.82) is 0 Å². The second kappa shape index (κ2) is 16.3. The molecule has 1 saturated heterocycles. The quantitative estimate of drug-likeness (QED) is 0.159. The van der Waals surface area contributed by atoms with Gasteiger partial charge in [0.15, 0.2) is 0 Å². The number of aromatic nitrogens is 6. The maximum Gasteiger partial charge on any atom is 0.250 e. The molecule has 1 fully saturated rings. The zero-order chi connectivity index (χ0) is 38.5. The predicted molar refractivity (Wildman–Crippen MR) is 217 cm³/mol. The number of benzene rings is 3. The first-order valence-electron chi connectivity index (χ1n) is 17.8. The molecule has 0 saturated carbocycles. The van der Waals surface area contributed by atoms with Crippen molar-refractivity contribution in [3.8, 4) is 11.6 Å². The van der Waals surface area contributed by atoms with Gasteiger partial charge in [-0.15, -0.1) is 0 Å². The largest absolute Gasteiger partial charge is 0.373 e. The monoisotopic (exact) mass is 756 g/mol. The molecule has 5 heterocycles. The van der Waals surface area contributed by atoms with Crippen LogP contribution in [0.5, 0.6) is 0 Å². The van der Waals surface area contributed by atoms with Gasteiger partial charge in [0.25, 0.3) is 11.8 Å². The summed E-state index contributed by atoms with van der Waals surface area (Å²) in [6, 6.07) is 26.9. The number of carbonyl (C=O) groups excluding carboxylic acids is 2. The van der Waals surface area contributed by atoms with E-state index < -0.39 is 11.8 Å². The number of anilines is 3. The predicted octanol–water partition coefficient (Wildman–Crippen LogP) is 5.12. The highest BCUT2D eigenvalue weighted by atomic mass is 35.5. The third-order valence-electron chi connectivity index (χ3n) is 9.61. The summed E-state index contributed by atoms with van der Waals surface area (Å²) < 4.78 is 3.63. The van der Waals surface area contributed by atoms with Crippen LogP contribution in [0.3, 0.4) is 0 Å². The lowest BCUT2D eigenvalue weighted by Crippen LogP contribution is -2.46. The average molecular weight is 757 g/mol. The Morgan fingerprint density at radius 3 is 1.85 bits per heavy atom. The molecule has 15 heteroatoms. The Bertz CT molecular complexity index is 2450. The van der Waals surface area contributed by atoms with Gasteiger partial charge < -0.3 is 35.7 Å². The number of carbonyl (C=O) groups is 2. The second-order valence-electron chi connectivity index (χ2n) is 13.2. The minimum atomic E-state index is -0.477. The summed E-state index contributed by atoms with van der Waals surface area (Å²) in [7, 11) is 4.31. The maximum absolute atomic E-state index is 11.9. The Hall–Kier alpha value is -6.35. The molecule has 0 bridgehead atoms. The van der Waals surface area contributed by atoms with E-state index in [0.29, 0.717) is 28.7 Å². The normalized spacial score (nSPS) is 13.4. The minimum Gasteiger partial charge on any atom is -0.373 e. The number of nitrogens with zero attached hydrogens (tertiary/aromatic N) is 9. The number of hydrogen-bond donors (Lipinski definition) is 3. The van der Waals surface area contributed by atoms with Crippen molar-refractivity contribution in [3.05, 3.63) is 126 Å². The first-order chi connectivity index (χ1) is 26.6. The molecule has 7 aromatic rings. The summed E-state index contributed by atoms with van der Waals surface area (Å²) in [5.41, 5.74) is 15.7. The van der Waals surface area contributed by atoms with E-state index in [-0.39, 0.29) is 5.28 Å². The van der Waals surface area contributed by atoms with E-state index in [0.717, 1.165) is 66.8 Å². The molecule has 5 N–H and O–H groups in total. The molecule has 0 atom stereocenters. The maximum atomic E-state index is 11.9. The number of halogens is 1. The molecule has 8 rings (SSSR count). The van der Waals surface area contributed by atoms with Crippen LogP contribution in [0, 0.1) is 0 Å². The third kappa shape index (κ3) is 8.41. The molecule has 0 unspecified atom stereocenters. The molecule has 3 aromatic carbocycles. The lowest BCUT2D eigenvalue weighted by molar-refractivity contribution is 0.0993. The standard InChI is InChI=1S/C27H32N8O.C13H9ClN4O/c1-32-13-16-34(17-14-32)18-15-33(2)21-9-7-20(8-10-21)30-27-29-12-11-25(31-27)35-19-23(26(28)36)22-5-3-4-6-24(22)35;14-13-16-6-5-11(17-13)18-7-9(12(15)19)8-3-1-2-4-10(8)18/h3-12,19H,13-18H2,1-2H3,(H2,28,36)(H,29,30,31);1-7H,(H2,15,19). The first-order valence-corrected chi connectivity index (χ1v) is 18.1. The van der Waals surface area contributed by atoms with Gasteiger partial charge in [0.05, 0.1) is 22.2 Å². The van der Waals surface area contributed by atoms with Gasteiger partial charge >= 0.3 is 0 Å². The number of nitrogens with one attached hydrogen (secondary N) is 1. The van der Waals surface area contributed by atoms with Gasteiger partial charge in [0.1, 0.15) is 11.6 Å². The fourth-order valence-corrected chi connectivity index (χ4v) is 6.70. The van der Waals surface area contributed by atoms with Crippen molar-refractivity contribution in [2.24, 2.45) is 11.5 Å². The molecule has 0 radical (unpaired) electrons. The molecule has 0 spiro atoms. The van der Waals surface area contributed by atoms with E-state index in [1.54, 1.807) is 41.5 Å². The van der Waals surface area contributed by atoms with Crippen molar-refractivity contribution in [3.63, 3.8) is 0 Å². The molecule has 4 aromatic heterocycles. The van der Waals surface area contributed by atoms with Crippen molar-refractivity contribution in [1.82, 2.24) is 38.9 Å². The molecule has 14 nitrogen and oxygen atoms in total. The van der Waals surface area contributed by atoms with E-state index in [1.807, 2.05) is 65.2 Å². The lowest BCUT2D eigenvalue weighted by Gasteiger charge is -2.33. The summed E-state index contributed by atoms with van der Waals surface area (Å²) >= 11 is 5.79. The lowest BCUT2D eigenvalue weighted by atomic mass is 10.2. The molecule has 1 aliphatic heterocycles. The SMILES string of the molecule is CN1CCN(CCN(C)c2ccc(Nc3nccc(-n4cc(C(N)=O)c5ccccc54)n3)cc2)CC1.NC(=O)c1cn(-c2ccnc(Cl)n2)c2ccccc12. The summed E-state index contributed by atoms with van der Waals surface area (Å²) in [6.07, 6.45) is 6.64. The number of rotatable bonds is 10. The van der Waals surface area contributed by atoms with E-state index in [2.05, 4.69) is 66.2 Å². The first kappa shape index (κ1) is 37.0. The van der Waals surface area contributed by atoms with E-state index in [1.165, 1.54) is 5.69 Å². The van der Waals surface area contributed by atoms with Crippen LogP contribution in [0.4, 0.5) is 17.3 Å². The Labute approximate surface area is 323 Å². The fraction of sp³-hybridized carbons (Fsp3) is 0.200. The number of para-hydroxylation sites is 2. The van der Waals surface area contributed by atoms with Gasteiger partial charge in [0.2, 0.25) is 11.2 Å². The van der Waals surface area contributed by atoms with Crippen LogP contribution >= 0.6 is 11.6 Å². The summed E-state index contributed by atoms with van der Waals surface area (Å²) in [6.45, 7) is 6.60. The number of hydrogen-bond acceptors (Lipinski definition) is 10. The van der Waals surface area contributed by atoms with Crippen LogP contribution in [0.2, 0.25) is 5.28 Å². The Balaban J connectivity index is 0.000000205. The van der Waals surface area contributed by atoms with E-state index >= 15 is 0 Å². The van der Waals surface area contributed by atoms with Crippen LogP contribution in [-0.4, -0.2) is 104 Å².